The normalized spacial score (nSPS) is 16.7. The van der Waals surface area contributed by atoms with Crippen LogP contribution in [0.5, 0.6) is 0 Å². The zero-order chi connectivity index (χ0) is 80.1. The molecule has 600 valence electrons. The van der Waals surface area contributed by atoms with Gasteiger partial charge in [-0.05, 0) is 118 Å². The number of carboxylic acids is 5. The number of esters is 2. The Labute approximate surface area is 629 Å². The number of carboxylic acid groups (broad SMARTS) is 5. The summed E-state index contributed by atoms with van der Waals surface area (Å²) in [4.78, 5) is 200. The Morgan fingerprint density at radius 1 is 0.587 bits per heavy atom. The van der Waals surface area contributed by atoms with Crippen molar-refractivity contribution in [1.29, 1.82) is 0 Å². The minimum absolute atomic E-state index is 0.0307. The third-order valence-electron chi connectivity index (χ3n) is 18.2. The number of benzene rings is 2. The summed E-state index contributed by atoms with van der Waals surface area (Å²) in [6, 6.07) is 5.60. The molecule has 3 aromatic rings. The SMILES string of the molecule is CC(C)C[C@H](NC(=O)[C@H](CO)NC(=O)[C@@H]1CCCN1C(=O)[C@@H](C)NC(=O)c1ccncc1)C(=O)OC(C)OC(=O)CC[C@H](NC(=O)N[C@@H](CCCCNC(=O)[C@H](Cc1ccc2ccccc2c1)NC(=O)[C@H]1CC[C@H](CNC(=O)CNCCN(CCN(CCNCC(=O)O)CC(=O)O)CC(=O)O)CC1)C(=O)O)C(=O)O. The van der Waals surface area contributed by atoms with Crippen LogP contribution >= 0.6 is 0 Å². The number of pyridine rings is 1. The second-order valence-electron chi connectivity index (χ2n) is 27.3. The maximum Gasteiger partial charge on any atom is 0.331 e. The minimum atomic E-state index is -1.76. The molecule has 1 unspecified atom stereocenters. The van der Waals surface area contributed by atoms with E-state index in [2.05, 4.69) is 58.2 Å². The summed E-state index contributed by atoms with van der Waals surface area (Å²) in [5.74, 6) is -13.1. The molecule has 8 atom stereocenters. The van der Waals surface area contributed by atoms with Gasteiger partial charge < -0.3 is 98.2 Å². The quantitative estimate of drug-likeness (QED) is 0.0178. The van der Waals surface area contributed by atoms with Crippen LogP contribution in [0, 0.1) is 17.8 Å². The fourth-order valence-corrected chi connectivity index (χ4v) is 12.4. The van der Waals surface area contributed by atoms with Crippen molar-refractivity contribution < 1.29 is 112 Å². The molecule has 1 aromatic heterocycles. The van der Waals surface area contributed by atoms with Crippen molar-refractivity contribution in [2.24, 2.45) is 17.8 Å². The monoisotopic (exact) mass is 1530 g/mol. The van der Waals surface area contributed by atoms with Crippen molar-refractivity contribution in [2.75, 3.05) is 91.7 Å². The lowest BCUT2D eigenvalue weighted by molar-refractivity contribution is -0.187. The van der Waals surface area contributed by atoms with E-state index in [1.165, 1.54) is 36.4 Å². The lowest BCUT2D eigenvalue weighted by Crippen LogP contribution is -2.58. The number of nitrogens with zero attached hydrogens (tertiary/aromatic N) is 4. The lowest BCUT2D eigenvalue weighted by Gasteiger charge is -2.29. The first kappa shape index (κ1) is 89.1. The van der Waals surface area contributed by atoms with Crippen LogP contribution in [-0.4, -0.2) is 280 Å². The van der Waals surface area contributed by atoms with Gasteiger partial charge in [0.2, 0.25) is 41.7 Å². The molecule has 2 fully saturated rings. The van der Waals surface area contributed by atoms with Crippen molar-refractivity contribution in [2.45, 2.75) is 160 Å². The molecule has 37 nitrogen and oxygen atoms in total. The summed E-state index contributed by atoms with van der Waals surface area (Å²) in [7, 11) is 0. The number of unbranched alkanes of at least 4 members (excludes halogenated alkanes) is 1. The molecule has 5 rings (SSSR count). The number of aliphatic hydroxyl groups is 1. The maximum absolute atomic E-state index is 13.9. The molecule has 16 N–H and O–H groups in total. The fraction of sp³-hybridized carbons (Fsp3) is 0.583. The Hall–Kier alpha value is -10.5. The molecule has 2 heterocycles. The van der Waals surface area contributed by atoms with Gasteiger partial charge in [-0.15, -0.1) is 0 Å². The molecule has 9 amide bonds. The number of carbonyl (C=O) groups is 15. The van der Waals surface area contributed by atoms with Crippen molar-refractivity contribution in [1.82, 2.24) is 72.9 Å². The molecule has 0 radical (unpaired) electrons. The first-order chi connectivity index (χ1) is 51.9. The number of nitrogens with one attached hydrogen (secondary N) is 10. The van der Waals surface area contributed by atoms with Gasteiger partial charge in [-0.25, -0.2) is 19.2 Å². The molecule has 0 bridgehead atoms. The summed E-state index contributed by atoms with van der Waals surface area (Å²) in [6.07, 6.45) is 3.03. The molecule has 1 saturated carbocycles. The summed E-state index contributed by atoms with van der Waals surface area (Å²) in [6.45, 7) is 5.93. The number of urea groups is 1. The van der Waals surface area contributed by atoms with E-state index >= 15 is 0 Å². The zero-order valence-electron chi connectivity index (χ0n) is 61.7. The molecular formula is C72H104N14O23. The molecule has 109 heavy (non-hydrogen) atoms. The van der Waals surface area contributed by atoms with Crippen molar-refractivity contribution in [3.8, 4) is 0 Å². The summed E-state index contributed by atoms with van der Waals surface area (Å²) in [5.41, 5.74) is 1.03. The average Bonchev–Trinajstić information content (AvgIpc) is 1.81. The summed E-state index contributed by atoms with van der Waals surface area (Å²) < 4.78 is 10.5. The molecule has 1 saturated heterocycles. The van der Waals surface area contributed by atoms with E-state index in [1.54, 1.807) is 23.6 Å². The third kappa shape index (κ3) is 32.9. The van der Waals surface area contributed by atoms with Crippen LogP contribution in [0.1, 0.15) is 121 Å². The predicted molar refractivity (Wildman–Crippen MR) is 388 cm³/mol. The van der Waals surface area contributed by atoms with Crippen molar-refractivity contribution in [3.05, 3.63) is 78.1 Å². The number of aromatic nitrogens is 1. The number of rotatable bonds is 49. The van der Waals surface area contributed by atoms with Gasteiger partial charge in [0.1, 0.15) is 42.3 Å². The highest BCUT2D eigenvalue weighted by molar-refractivity contribution is 5.99. The van der Waals surface area contributed by atoms with Crippen LogP contribution < -0.4 is 53.2 Å². The van der Waals surface area contributed by atoms with Gasteiger partial charge in [-0.3, -0.25) is 67.5 Å². The Balaban J connectivity index is 1.03. The Morgan fingerprint density at radius 3 is 1.81 bits per heavy atom. The van der Waals surface area contributed by atoms with E-state index in [0.717, 1.165) is 23.3 Å². The summed E-state index contributed by atoms with van der Waals surface area (Å²) in [5, 5.41) is 85.9. The minimum Gasteiger partial charge on any atom is -0.480 e. The number of fused-ring (bicyclic) bond motifs is 1. The van der Waals surface area contributed by atoms with E-state index < -0.39 is 151 Å². The molecule has 2 aromatic carbocycles. The van der Waals surface area contributed by atoms with Crippen LogP contribution in [0.4, 0.5) is 4.79 Å². The van der Waals surface area contributed by atoms with Gasteiger partial charge in [0.25, 0.3) is 5.91 Å². The molecule has 2 aliphatic rings. The largest absolute Gasteiger partial charge is 0.480 e. The third-order valence-corrected chi connectivity index (χ3v) is 18.2. The molecular weight excluding hydrogens is 1430 g/mol. The van der Waals surface area contributed by atoms with Crippen molar-refractivity contribution in [3.63, 3.8) is 0 Å². The van der Waals surface area contributed by atoms with Crippen LogP contribution in [0.15, 0.2) is 67.0 Å². The molecule has 1 aliphatic heterocycles. The van der Waals surface area contributed by atoms with Crippen LogP contribution in [0.25, 0.3) is 10.8 Å². The second kappa shape index (κ2) is 46.7. The molecule has 1 aliphatic carbocycles. The van der Waals surface area contributed by atoms with Gasteiger partial charge >= 0.3 is 47.8 Å². The number of hydrogen-bond acceptors (Lipinski definition) is 23. The lowest BCUT2D eigenvalue weighted by atomic mass is 9.81. The van der Waals surface area contributed by atoms with E-state index in [9.17, 15) is 97.5 Å². The number of aliphatic hydroxyl groups excluding tert-OH is 1. The number of likely N-dealkylation sites (tertiary alicyclic amines) is 1. The van der Waals surface area contributed by atoms with E-state index in [-0.39, 0.29) is 146 Å². The number of ether oxygens (including phenoxy) is 2. The first-order valence-electron chi connectivity index (χ1n) is 36.4. The predicted octanol–water partition coefficient (Wildman–Crippen LogP) is -1.26. The van der Waals surface area contributed by atoms with Gasteiger partial charge in [-0.2, -0.15) is 0 Å². The highest BCUT2D eigenvalue weighted by atomic mass is 16.7. The van der Waals surface area contributed by atoms with Crippen LogP contribution in [0.3, 0.4) is 0 Å². The standard InChI is InChI=1S/C72H104N14O23/c1-43(2)34-55(80-66(99)56(42-87)81-67(100)57-13-9-29-86(57)68(101)44(3)78-63(96)50-22-25-73-26-23-50)71(106)109-45(4)108-62(95)21-20-53(70(104)105)83-72(107)82-52(69(102)103)12-7-8-24-76-65(98)54(36-47-16-17-48-10-5-6-11-51(48)35-47)79-64(97)49-18-14-46(15-19-49)37-77-58(88)38-74-27-30-84(40-60(91)92)32-33-85(41-61(93)94)31-28-75-39-59(89)90/h5-6,10-11,16-17,22-23,25-26,35,43-46,49,52-57,74-75,87H,7-9,12-15,18-21,24,27-34,36-42H2,1-4H3,(H,76,98)(H,77,88)(H,78,96)(H,79,97)(H,80,99)(H,81,100)(H,89,90)(H,91,92)(H,93,94)(H,102,103)(H,104,105)(H2,82,83,107)/t44-,45?,46-,49-,52+,53+,54+,55+,56+,57+/m1/s1. The highest BCUT2D eigenvalue weighted by Gasteiger charge is 2.39. The maximum atomic E-state index is 13.9. The average molecular weight is 1530 g/mol. The number of amides is 9. The van der Waals surface area contributed by atoms with Gasteiger partial charge in [-0.1, -0.05) is 56.3 Å². The van der Waals surface area contributed by atoms with E-state index in [0.29, 0.717) is 38.6 Å². The number of hydrogen-bond donors (Lipinski definition) is 16. The Bertz CT molecular complexity index is 3580. The fourth-order valence-electron chi connectivity index (χ4n) is 12.4. The van der Waals surface area contributed by atoms with E-state index in [1.807, 2.05) is 42.5 Å². The summed E-state index contributed by atoms with van der Waals surface area (Å²) >= 11 is 0. The van der Waals surface area contributed by atoms with Crippen LogP contribution in [0.2, 0.25) is 0 Å². The smallest absolute Gasteiger partial charge is 0.331 e. The van der Waals surface area contributed by atoms with E-state index in [4.69, 9.17) is 14.6 Å². The molecule has 0 spiro atoms. The highest BCUT2D eigenvalue weighted by Crippen LogP contribution is 2.29. The van der Waals surface area contributed by atoms with Gasteiger partial charge in [0.05, 0.1) is 32.8 Å². The number of carbonyl (C=O) groups excluding carboxylic acids is 10. The van der Waals surface area contributed by atoms with Crippen molar-refractivity contribution >= 4 is 99.9 Å². The topological polar surface area (TPSA) is 539 Å². The second-order valence-corrected chi connectivity index (χ2v) is 27.3. The molecule has 37 heteroatoms. The number of aliphatic carboxylic acids is 5. The Morgan fingerprint density at radius 2 is 1.20 bits per heavy atom. The zero-order valence-corrected chi connectivity index (χ0v) is 61.7. The van der Waals surface area contributed by atoms with Gasteiger partial charge in [0.15, 0.2) is 0 Å². The van der Waals surface area contributed by atoms with Crippen LogP contribution in [-0.2, 0) is 78.2 Å². The Kier molecular flexibility index (Phi) is 38.1. The van der Waals surface area contributed by atoms with Gasteiger partial charge in [0, 0.05) is 103 Å². The first-order valence-corrected chi connectivity index (χ1v) is 36.4.